The van der Waals surface area contributed by atoms with Gasteiger partial charge in [-0.2, -0.15) is 18.4 Å². The Balaban J connectivity index is 2.56. The monoisotopic (exact) mass is 265 g/mol. The number of alkyl halides is 3. The van der Waals surface area contributed by atoms with Crippen LogP contribution in [-0.4, -0.2) is 0 Å². The lowest BCUT2D eigenvalue weighted by Gasteiger charge is -2.11. The first-order chi connectivity index (χ1) is 8.91. The summed E-state index contributed by atoms with van der Waals surface area (Å²) in [6.45, 7) is 0. The summed E-state index contributed by atoms with van der Waals surface area (Å²) in [5.74, 6) is -0.464. The van der Waals surface area contributed by atoms with Crippen LogP contribution in [0.4, 0.5) is 17.6 Å². The summed E-state index contributed by atoms with van der Waals surface area (Å²) in [7, 11) is 0. The predicted molar refractivity (Wildman–Crippen MR) is 61.6 cm³/mol. The lowest BCUT2D eigenvalue weighted by atomic mass is 9.99. The second-order valence-electron chi connectivity index (χ2n) is 3.88. The van der Waals surface area contributed by atoms with Gasteiger partial charge >= 0.3 is 6.18 Å². The number of hydrogen-bond acceptors (Lipinski definition) is 1. The molecule has 0 atom stereocenters. The van der Waals surface area contributed by atoms with Crippen molar-refractivity contribution in [2.75, 3.05) is 0 Å². The van der Waals surface area contributed by atoms with Crippen molar-refractivity contribution in [2.24, 2.45) is 0 Å². The Morgan fingerprint density at radius 3 is 2.00 bits per heavy atom. The number of nitriles is 1. The molecule has 19 heavy (non-hydrogen) atoms. The van der Waals surface area contributed by atoms with Gasteiger partial charge in [0.05, 0.1) is 17.2 Å². The topological polar surface area (TPSA) is 23.8 Å². The van der Waals surface area contributed by atoms with Crippen LogP contribution in [0.25, 0.3) is 11.1 Å². The van der Waals surface area contributed by atoms with E-state index in [9.17, 15) is 17.6 Å². The smallest absolute Gasteiger partial charge is 0.207 e. The van der Waals surface area contributed by atoms with Crippen LogP contribution < -0.4 is 0 Å². The number of nitrogens with zero attached hydrogens (tertiary/aromatic N) is 1. The van der Waals surface area contributed by atoms with Crippen molar-refractivity contribution in [1.29, 1.82) is 5.26 Å². The zero-order valence-electron chi connectivity index (χ0n) is 9.50. The maximum Gasteiger partial charge on any atom is 0.417 e. The number of hydrogen-bond donors (Lipinski definition) is 0. The van der Waals surface area contributed by atoms with Crippen molar-refractivity contribution >= 4 is 0 Å². The fourth-order valence-corrected chi connectivity index (χ4v) is 1.70. The molecule has 0 fully saturated rings. The fourth-order valence-electron chi connectivity index (χ4n) is 1.70. The highest BCUT2D eigenvalue weighted by atomic mass is 19.4. The Kier molecular flexibility index (Phi) is 3.26. The molecule has 0 spiro atoms. The molecule has 2 aromatic rings. The van der Waals surface area contributed by atoms with Crippen LogP contribution in [0.2, 0.25) is 0 Å². The molecule has 0 heterocycles. The summed E-state index contributed by atoms with van der Waals surface area (Å²) in [6.07, 6.45) is -4.60. The van der Waals surface area contributed by atoms with Gasteiger partial charge in [0.2, 0.25) is 0 Å². The first-order valence-corrected chi connectivity index (χ1v) is 5.29. The molecule has 1 nitrogen and oxygen atoms in total. The van der Waals surface area contributed by atoms with Crippen LogP contribution >= 0.6 is 0 Å². The van der Waals surface area contributed by atoms with Gasteiger partial charge in [-0.05, 0) is 35.4 Å². The molecule has 0 unspecified atom stereocenters. The quantitative estimate of drug-likeness (QED) is 0.702. The van der Waals surface area contributed by atoms with Gasteiger partial charge in [-0.25, -0.2) is 4.39 Å². The Morgan fingerprint density at radius 2 is 1.47 bits per heavy atom. The van der Waals surface area contributed by atoms with Crippen LogP contribution in [-0.2, 0) is 6.18 Å². The molecule has 96 valence electrons. The van der Waals surface area contributed by atoms with Crippen LogP contribution in [0, 0.1) is 17.1 Å². The molecule has 0 saturated heterocycles. The van der Waals surface area contributed by atoms with E-state index in [1.807, 2.05) is 0 Å². The highest BCUT2D eigenvalue weighted by molar-refractivity contribution is 5.66. The molecule has 0 aliphatic carbocycles. The third kappa shape index (κ3) is 2.74. The molecule has 0 N–H and O–H groups in total. The Hall–Kier alpha value is -2.35. The van der Waals surface area contributed by atoms with E-state index in [1.54, 1.807) is 0 Å². The third-order valence-corrected chi connectivity index (χ3v) is 2.62. The van der Waals surface area contributed by atoms with E-state index in [0.717, 1.165) is 12.1 Å². The average molecular weight is 265 g/mol. The molecule has 5 heteroatoms. The normalized spacial score (nSPS) is 11.1. The van der Waals surface area contributed by atoms with Crippen LogP contribution in [0.15, 0.2) is 42.5 Å². The Labute approximate surface area is 106 Å². The second-order valence-corrected chi connectivity index (χ2v) is 3.88. The summed E-state index contributed by atoms with van der Waals surface area (Å²) in [4.78, 5) is 0. The molecule has 0 aromatic heterocycles. The lowest BCUT2D eigenvalue weighted by molar-refractivity contribution is -0.137. The van der Waals surface area contributed by atoms with Crippen molar-refractivity contribution < 1.29 is 17.6 Å². The Bertz CT molecular complexity index is 636. The summed E-state index contributed by atoms with van der Waals surface area (Å²) in [5.41, 5.74) is -0.682. The predicted octanol–water partition coefficient (Wildman–Crippen LogP) is 4.38. The van der Waals surface area contributed by atoms with Crippen molar-refractivity contribution in [1.82, 2.24) is 0 Å². The van der Waals surface area contributed by atoms with E-state index < -0.39 is 23.1 Å². The van der Waals surface area contributed by atoms with E-state index in [-0.39, 0.29) is 5.56 Å². The highest BCUT2D eigenvalue weighted by Gasteiger charge is 2.33. The van der Waals surface area contributed by atoms with Gasteiger partial charge in [0, 0.05) is 0 Å². The largest absolute Gasteiger partial charge is 0.417 e. The maximum absolute atomic E-state index is 12.8. The van der Waals surface area contributed by atoms with Crippen LogP contribution in [0.3, 0.4) is 0 Å². The average Bonchev–Trinajstić information content (AvgIpc) is 2.38. The molecule has 0 aliphatic rings. The molecule has 0 aliphatic heterocycles. The molecule has 0 saturated carbocycles. The van der Waals surface area contributed by atoms with Gasteiger partial charge in [-0.3, -0.25) is 0 Å². The minimum atomic E-state index is -4.60. The minimum absolute atomic E-state index is 0.284. The summed E-state index contributed by atoms with van der Waals surface area (Å²) >= 11 is 0. The zero-order chi connectivity index (χ0) is 14.0. The van der Waals surface area contributed by atoms with E-state index in [0.29, 0.717) is 5.56 Å². The van der Waals surface area contributed by atoms with Gasteiger partial charge in [0.1, 0.15) is 5.82 Å². The SMILES string of the molecule is N#Cc1ccc(-c2ccc(F)cc2)cc1C(F)(F)F. The summed E-state index contributed by atoms with van der Waals surface area (Å²) in [5, 5.41) is 8.68. The third-order valence-electron chi connectivity index (χ3n) is 2.62. The van der Waals surface area contributed by atoms with E-state index in [2.05, 4.69) is 0 Å². The minimum Gasteiger partial charge on any atom is -0.207 e. The van der Waals surface area contributed by atoms with Crippen molar-refractivity contribution in [2.45, 2.75) is 6.18 Å². The van der Waals surface area contributed by atoms with E-state index >= 15 is 0 Å². The van der Waals surface area contributed by atoms with Gasteiger partial charge in [-0.1, -0.05) is 18.2 Å². The number of halogens is 4. The number of benzene rings is 2. The fraction of sp³-hybridized carbons (Fsp3) is 0.0714. The van der Waals surface area contributed by atoms with Crippen LogP contribution in [0.1, 0.15) is 11.1 Å². The molecule has 2 rings (SSSR count). The van der Waals surface area contributed by atoms with E-state index in [1.165, 1.54) is 36.4 Å². The first kappa shape index (κ1) is 13.1. The number of rotatable bonds is 1. The molecule has 0 radical (unpaired) electrons. The van der Waals surface area contributed by atoms with E-state index in [4.69, 9.17) is 5.26 Å². The van der Waals surface area contributed by atoms with Crippen molar-refractivity contribution in [3.05, 3.63) is 59.4 Å². The van der Waals surface area contributed by atoms with Gasteiger partial charge < -0.3 is 0 Å². The van der Waals surface area contributed by atoms with Gasteiger partial charge in [0.25, 0.3) is 0 Å². The second kappa shape index (κ2) is 4.73. The van der Waals surface area contributed by atoms with Gasteiger partial charge in [0.15, 0.2) is 0 Å². The lowest BCUT2D eigenvalue weighted by Crippen LogP contribution is -2.07. The first-order valence-electron chi connectivity index (χ1n) is 5.29. The Morgan fingerprint density at radius 1 is 0.895 bits per heavy atom. The zero-order valence-corrected chi connectivity index (χ0v) is 9.50. The molecular weight excluding hydrogens is 258 g/mol. The van der Waals surface area contributed by atoms with Crippen LogP contribution in [0.5, 0.6) is 0 Å². The molecule has 2 aromatic carbocycles. The van der Waals surface area contributed by atoms with Gasteiger partial charge in [-0.15, -0.1) is 0 Å². The highest BCUT2D eigenvalue weighted by Crippen LogP contribution is 2.34. The maximum atomic E-state index is 12.8. The summed E-state index contributed by atoms with van der Waals surface area (Å²) in [6, 6.07) is 10.0. The summed E-state index contributed by atoms with van der Waals surface area (Å²) < 4.78 is 51.1. The molecule has 0 bridgehead atoms. The molecular formula is C14H7F4N. The van der Waals surface area contributed by atoms with Crippen molar-refractivity contribution in [3.63, 3.8) is 0 Å². The standard InChI is InChI=1S/C14H7F4N/c15-12-5-3-9(4-6-12)10-1-2-11(8-19)13(7-10)14(16,17)18/h1-7H. The van der Waals surface area contributed by atoms with Crippen molar-refractivity contribution in [3.8, 4) is 17.2 Å². The molecule has 0 amide bonds.